The van der Waals surface area contributed by atoms with Crippen molar-refractivity contribution in [2.45, 2.75) is 33.1 Å². The first-order chi connectivity index (χ1) is 20.0. The van der Waals surface area contributed by atoms with Gasteiger partial charge in [0.2, 0.25) is 0 Å². The van der Waals surface area contributed by atoms with Gasteiger partial charge in [0.1, 0.15) is 12.1 Å². The van der Waals surface area contributed by atoms with E-state index in [1.54, 1.807) is 24.3 Å². The fourth-order valence-electron chi connectivity index (χ4n) is 3.84. The second kappa shape index (κ2) is 13.3. The summed E-state index contributed by atoms with van der Waals surface area (Å²) in [6, 6.07) is 17.9. The highest BCUT2D eigenvalue weighted by atomic mass is 32.2. The molecule has 0 aliphatic rings. The van der Waals surface area contributed by atoms with Gasteiger partial charge in [0, 0.05) is 11.3 Å². The Labute approximate surface area is 244 Å². The fourth-order valence-corrected chi connectivity index (χ4v) is 4.23. The quantitative estimate of drug-likeness (QED) is 0.134. The third kappa shape index (κ3) is 8.43. The van der Waals surface area contributed by atoms with Crippen LogP contribution in [-0.2, 0) is 0 Å². The van der Waals surface area contributed by atoms with Gasteiger partial charge in [-0.15, -0.1) is 18.3 Å². The molecule has 0 saturated heterocycles. The number of hydrazone groups is 1. The number of aryl methyl sites for hydroxylation is 1. The van der Waals surface area contributed by atoms with Gasteiger partial charge in [-0.1, -0.05) is 62.0 Å². The van der Waals surface area contributed by atoms with E-state index in [9.17, 15) is 18.0 Å². The lowest BCUT2D eigenvalue weighted by Crippen LogP contribution is -2.18. The summed E-state index contributed by atoms with van der Waals surface area (Å²) in [6.07, 6.45) is 0.0152. The van der Waals surface area contributed by atoms with Crippen molar-refractivity contribution in [3.05, 3.63) is 89.7 Å². The highest BCUT2D eigenvalue weighted by Crippen LogP contribution is 2.27. The summed E-state index contributed by atoms with van der Waals surface area (Å²) in [4.78, 5) is 20.7. The first kappa shape index (κ1) is 30.3. The van der Waals surface area contributed by atoms with Crippen LogP contribution in [-0.4, -0.2) is 44.8 Å². The molecular formula is C29H28F3N7O2S. The zero-order chi connectivity index (χ0) is 30.3. The minimum Gasteiger partial charge on any atom is -0.406 e. The highest BCUT2D eigenvalue weighted by Gasteiger charge is 2.31. The van der Waals surface area contributed by atoms with Crippen molar-refractivity contribution >= 4 is 34.9 Å². The predicted octanol–water partition coefficient (Wildman–Crippen LogP) is 7.14. The Morgan fingerprint density at radius 3 is 2.43 bits per heavy atom. The maximum Gasteiger partial charge on any atom is 0.573 e. The third-order valence-corrected chi connectivity index (χ3v) is 6.42. The summed E-state index contributed by atoms with van der Waals surface area (Å²) in [5.74, 6) is 0.397. The normalized spacial score (nSPS) is 12.1. The molecule has 0 radical (unpaired) electrons. The number of nitrogens with zero attached hydrogens (tertiary/aromatic N) is 5. The number of benzene rings is 3. The maximum absolute atomic E-state index is 12.4. The molecule has 0 fully saturated rings. The molecule has 0 bridgehead atoms. The first-order valence-corrected chi connectivity index (χ1v) is 13.9. The van der Waals surface area contributed by atoms with Crippen LogP contribution in [0.2, 0.25) is 0 Å². The number of nitrogens with one attached hydrogen (secondary N) is 2. The summed E-state index contributed by atoms with van der Waals surface area (Å²) < 4.78 is 42.4. The van der Waals surface area contributed by atoms with Gasteiger partial charge < -0.3 is 10.1 Å². The third-order valence-electron chi connectivity index (χ3n) is 5.84. The number of alkyl halides is 3. The van der Waals surface area contributed by atoms with Crippen LogP contribution in [0.25, 0.3) is 17.1 Å². The SMILES string of the molecule is CS/C(=N\C(=O)N/N=C/c1ccc(-c2ncn(-c3ccc(OC(F)(F)F)cc3)n2)cc1)Nc1cc(C)ccc1C(C)C. The Morgan fingerprint density at radius 2 is 1.79 bits per heavy atom. The van der Waals surface area contributed by atoms with Crippen molar-refractivity contribution in [2.24, 2.45) is 10.1 Å². The number of amides is 2. The van der Waals surface area contributed by atoms with E-state index in [2.05, 4.69) is 61.6 Å². The van der Waals surface area contributed by atoms with Crippen molar-refractivity contribution in [2.75, 3.05) is 11.6 Å². The second-order valence-corrected chi connectivity index (χ2v) is 10.1. The zero-order valence-electron chi connectivity index (χ0n) is 23.2. The molecule has 9 nitrogen and oxygen atoms in total. The number of hydrogen-bond donors (Lipinski definition) is 2. The summed E-state index contributed by atoms with van der Waals surface area (Å²) in [5.41, 5.74) is 7.48. The monoisotopic (exact) mass is 595 g/mol. The van der Waals surface area contributed by atoms with Crippen LogP contribution in [0.4, 0.5) is 23.7 Å². The van der Waals surface area contributed by atoms with Crippen LogP contribution in [0, 0.1) is 6.92 Å². The second-order valence-electron chi connectivity index (χ2n) is 9.34. The van der Waals surface area contributed by atoms with Crippen LogP contribution < -0.4 is 15.5 Å². The first-order valence-electron chi connectivity index (χ1n) is 12.7. The molecule has 0 unspecified atom stereocenters. The Hall–Kier alpha value is -4.65. The van der Waals surface area contributed by atoms with Crippen molar-refractivity contribution in [1.82, 2.24) is 20.2 Å². The number of aliphatic imine (C=N–C) groups is 1. The Kier molecular flexibility index (Phi) is 9.63. The Balaban J connectivity index is 1.35. The zero-order valence-corrected chi connectivity index (χ0v) is 24.0. The fraction of sp³-hybridized carbons (Fsp3) is 0.207. The number of carbonyl (C=O) groups excluding carboxylic acids is 1. The average molecular weight is 596 g/mol. The van der Waals surface area contributed by atoms with E-state index in [1.165, 1.54) is 53.3 Å². The van der Waals surface area contributed by atoms with Crippen LogP contribution in [0.15, 0.2) is 83.2 Å². The van der Waals surface area contributed by atoms with Crippen molar-refractivity contribution in [3.63, 3.8) is 0 Å². The molecule has 0 saturated carbocycles. The molecule has 13 heteroatoms. The number of ether oxygens (including phenoxy) is 1. The van der Waals surface area contributed by atoms with E-state index in [0.717, 1.165) is 16.8 Å². The number of amidine groups is 1. The lowest BCUT2D eigenvalue weighted by Gasteiger charge is -2.15. The molecule has 0 spiro atoms. The average Bonchev–Trinajstić information content (AvgIpc) is 3.43. The van der Waals surface area contributed by atoms with Crippen LogP contribution in [0.3, 0.4) is 0 Å². The largest absolute Gasteiger partial charge is 0.573 e. The summed E-state index contributed by atoms with van der Waals surface area (Å²) >= 11 is 1.32. The molecule has 42 heavy (non-hydrogen) atoms. The summed E-state index contributed by atoms with van der Waals surface area (Å²) in [5, 5.41) is 12.1. The number of urea groups is 1. The van der Waals surface area contributed by atoms with Gasteiger partial charge >= 0.3 is 12.4 Å². The molecule has 1 heterocycles. The minimum atomic E-state index is -4.76. The standard InChI is InChI=1S/C29H28F3N7O2S/c1-18(2)24-14-5-19(3)15-25(24)35-28(42-4)36-27(40)37-34-16-20-6-8-21(9-7-20)26-33-17-39(38-26)22-10-12-23(13-11-22)41-29(30,31)32/h5-18H,1-4H3,(H2,35,36,37,40)/b34-16+. The molecule has 218 valence electrons. The molecule has 4 rings (SSSR count). The van der Waals surface area contributed by atoms with Gasteiger partial charge in [-0.25, -0.2) is 19.9 Å². The summed E-state index contributed by atoms with van der Waals surface area (Å²) in [7, 11) is 0. The Morgan fingerprint density at radius 1 is 1.07 bits per heavy atom. The van der Waals surface area contributed by atoms with Crippen LogP contribution in [0.1, 0.15) is 36.5 Å². The van der Waals surface area contributed by atoms with Crippen LogP contribution >= 0.6 is 11.8 Å². The van der Waals surface area contributed by atoms with E-state index >= 15 is 0 Å². The van der Waals surface area contributed by atoms with Crippen molar-refractivity contribution in [1.29, 1.82) is 0 Å². The van der Waals surface area contributed by atoms with Crippen molar-refractivity contribution < 1.29 is 22.7 Å². The van der Waals surface area contributed by atoms with Gasteiger partial charge in [0.25, 0.3) is 0 Å². The number of aromatic nitrogens is 3. The van der Waals surface area contributed by atoms with E-state index in [1.807, 2.05) is 19.2 Å². The van der Waals surface area contributed by atoms with Crippen LogP contribution in [0.5, 0.6) is 5.75 Å². The van der Waals surface area contributed by atoms with Gasteiger partial charge in [-0.2, -0.15) is 10.1 Å². The molecule has 0 aliphatic heterocycles. The predicted molar refractivity (Wildman–Crippen MR) is 159 cm³/mol. The topological polar surface area (TPSA) is 106 Å². The summed E-state index contributed by atoms with van der Waals surface area (Å²) in [6.45, 7) is 6.21. The molecule has 2 amide bonds. The number of hydrogen-bond acceptors (Lipinski definition) is 6. The Bertz CT molecular complexity index is 1580. The van der Waals surface area contributed by atoms with E-state index in [4.69, 9.17) is 0 Å². The molecule has 0 aliphatic carbocycles. The van der Waals surface area contributed by atoms with E-state index in [-0.39, 0.29) is 5.75 Å². The van der Waals surface area contributed by atoms with Gasteiger partial charge in [0.05, 0.1) is 11.9 Å². The lowest BCUT2D eigenvalue weighted by molar-refractivity contribution is -0.274. The lowest BCUT2D eigenvalue weighted by atomic mass is 9.99. The highest BCUT2D eigenvalue weighted by molar-refractivity contribution is 8.13. The molecule has 2 N–H and O–H groups in total. The van der Waals surface area contributed by atoms with Gasteiger partial charge in [0.15, 0.2) is 11.0 Å². The number of thioether (sulfide) groups is 1. The number of anilines is 1. The smallest absolute Gasteiger partial charge is 0.406 e. The van der Waals surface area contributed by atoms with Crippen molar-refractivity contribution in [3.8, 4) is 22.8 Å². The van der Waals surface area contributed by atoms with Gasteiger partial charge in [-0.05, 0) is 66.1 Å². The number of halogens is 3. The molecule has 4 aromatic rings. The maximum atomic E-state index is 12.4. The van der Waals surface area contributed by atoms with E-state index in [0.29, 0.717) is 33.7 Å². The number of rotatable bonds is 7. The molecule has 1 aromatic heterocycles. The molecular weight excluding hydrogens is 567 g/mol. The van der Waals surface area contributed by atoms with Gasteiger partial charge in [-0.3, -0.25) is 0 Å². The molecule has 3 aromatic carbocycles. The number of carbonyl (C=O) groups is 1. The van der Waals surface area contributed by atoms with E-state index < -0.39 is 12.4 Å². The molecule has 0 atom stereocenters. The minimum absolute atomic E-state index is 0.301.